The zero-order chi connectivity index (χ0) is 20.2. The lowest BCUT2D eigenvalue weighted by atomic mass is 9.48. The molecule has 1 aromatic carbocycles. The Bertz CT molecular complexity index is 767. The van der Waals surface area contributed by atoms with Gasteiger partial charge in [-0.15, -0.1) is 0 Å². The van der Waals surface area contributed by atoms with E-state index in [1.54, 1.807) is 12.1 Å². The van der Waals surface area contributed by atoms with Crippen LogP contribution in [-0.2, 0) is 14.3 Å². The molecule has 2 unspecified atom stereocenters. The molecule has 0 aliphatic heterocycles. The van der Waals surface area contributed by atoms with Crippen molar-refractivity contribution in [1.82, 2.24) is 0 Å². The molecule has 28 heavy (non-hydrogen) atoms. The molecule has 0 radical (unpaired) electrons. The Balaban J connectivity index is 1.50. The van der Waals surface area contributed by atoms with Crippen LogP contribution in [0.5, 0.6) is 0 Å². The van der Waals surface area contributed by atoms with Gasteiger partial charge in [0.25, 0.3) is 0 Å². The predicted molar refractivity (Wildman–Crippen MR) is 98.0 cm³/mol. The standard InChI is InChI=1S/C22H26F2O4/c1-14-3-5-17(6-4-14)18(25)28-22-10-15-7-16(11-22)9-21(8-15,12-22)13-27-19(26)20(2,23)24/h3-6,15-16H,7-13H2,1-2H3. The molecule has 0 aromatic heterocycles. The molecule has 0 spiro atoms. The quantitative estimate of drug-likeness (QED) is 0.682. The summed E-state index contributed by atoms with van der Waals surface area (Å²) in [6.07, 6.45) is 4.95. The molecule has 4 aliphatic carbocycles. The molecular formula is C22H26F2O4. The van der Waals surface area contributed by atoms with Crippen LogP contribution in [0.2, 0.25) is 0 Å². The van der Waals surface area contributed by atoms with Gasteiger partial charge in [-0.25, -0.2) is 9.59 Å². The van der Waals surface area contributed by atoms with E-state index < -0.39 is 17.5 Å². The van der Waals surface area contributed by atoms with Crippen molar-refractivity contribution in [2.75, 3.05) is 6.61 Å². The van der Waals surface area contributed by atoms with Crippen LogP contribution in [0.15, 0.2) is 24.3 Å². The molecule has 0 saturated heterocycles. The summed E-state index contributed by atoms with van der Waals surface area (Å²) < 4.78 is 37.4. The molecule has 4 fully saturated rings. The lowest BCUT2D eigenvalue weighted by molar-refractivity contribution is -0.197. The first kappa shape index (κ1) is 19.3. The Kier molecular flexibility index (Phi) is 4.51. The van der Waals surface area contributed by atoms with Crippen LogP contribution < -0.4 is 0 Å². The van der Waals surface area contributed by atoms with E-state index >= 15 is 0 Å². The lowest BCUT2D eigenvalue weighted by Gasteiger charge is -2.60. The fraction of sp³-hybridized carbons (Fsp3) is 0.636. The minimum atomic E-state index is -3.49. The Hall–Kier alpha value is -1.98. The second-order valence-corrected chi connectivity index (χ2v) is 9.36. The summed E-state index contributed by atoms with van der Waals surface area (Å²) >= 11 is 0. The van der Waals surface area contributed by atoms with Crippen LogP contribution in [0.1, 0.15) is 61.4 Å². The average molecular weight is 392 g/mol. The summed E-state index contributed by atoms with van der Waals surface area (Å²) in [5.41, 5.74) is 0.651. The van der Waals surface area contributed by atoms with E-state index in [9.17, 15) is 18.4 Å². The van der Waals surface area contributed by atoms with E-state index in [1.165, 1.54) is 0 Å². The molecule has 1 aromatic rings. The molecule has 2 atom stereocenters. The highest BCUT2D eigenvalue weighted by Crippen LogP contribution is 2.63. The third kappa shape index (κ3) is 3.65. The number of aryl methyl sites for hydroxylation is 1. The maximum atomic E-state index is 13.2. The van der Waals surface area contributed by atoms with Gasteiger partial charge >= 0.3 is 17.9 Å². The molecule has 4 bridgehead atoms. The van der Waals surface area contributed by atoms with Crippen molar-refractivity contribution >= 4 is 11.9 Å². The first-order chi connectivity index (χ1) is 13.1. The summed E-state index contributed by atoms with van der Waals surface area (Å²) in [6.45, 7) is 2.49. The van der Waals surface area contributed by atoms with Gasteiger partial charge in [0.1, 0.15) is 5.60 Å². The normalized spacial score (nSPS) is 33.6. The summed E-state index contributed by atoms with van der Waals surface area (Å²) in [4.78, 5) is 24.3. The van der Waals surface area contributed by atoms with Crippen LogP contribution >= 0.6 is 0 Å². The maximum Gasteiger partial charge on any atom is 0.376 e. The van der Waals surface area contributed by atoms with E-state index in [2.05, 4.69) is 0 Å². The van der Waals surface area contributed by atoms with Crippen molar-refractivity contribution in [2.45, 2.75) is 63.9 Å². The van der Waals surface area contributed by atoms with Crippen molar-refractivity contribution in [2.24, 2.45) is 17.3 Å². The number of esters is 2. The first-order valence-electron chi connectivity index (χ1n) is 9.93. The summed E-state index contributed by atoms with van der Waals surface area (Å²) in [6, 6.07) is 7.28. The van der Waals surface area contributed by atoms with Gasteiger partial charge in [0.2, 0.25) is 0 Å². The Morgan fingerprint density at radius 1 is 1.11 bits per heavy atom. The topological polar surface area (TPSA) is 52.6 Å². The van der Waals surface area contributed by atoms with Crippen LogP contribution in [0.25, 0.3) is 0 Å². The third-order valence-corrected chi connectivity index (χ3v) is 6.59. The van der Waals surface area contributed by atoms with E-state index in [0.29, 0.717) is 30.7 Å². The fourth-order valence-corrected chi connectivity index (χ4v) is 5.94. The first-order valence-corrected chi connectivity index (χ1v) is 9.93. The summed E-state index contributed by atoms with van der Waals surface area (Å²) in [5.74, 6) is -4.54. The fourth-order valence-electron chi connectivity index (χ4n) is 5.94. The number of carbonyl (C=O) groups is 2. The summed E-state index contributed by atoms with van der Waals surface area (Å²) in [5, 5.41) is 0. The number of halogens is 2. The van der Waals surface area contributed by atoms with Gasteiger partial charge in [0.05, 0.1) is 12.2 Å². The van der Waals surface area contributed by atoms with Gasteiger partial charge < -0.3 is 9.47 Å². The largest absolute Gasteiger partial charge is 0.461 e. The van der Waals surface area contributed by atoms with Gasteiger partial charge in [-0.05, 0) is 69.4 Å². The van der Waals surface area contributed by atoms with E-state index in [0.717, 1.165) is 37.7 Å². The molecule has 5 rings (SSSR count). The van der Waals surface area contributed by atoms with E-state index in [1.807, 2.05) is 19.1 Å². The Morgan fingerprint density at radius 2 is 1.71 bits per heavy atom. The lowest BCUT2D eigenvalue weighted by Crippen LogP contribution is -2.59. The number of rotatable bonds is 5. The Morgan fingerprint density at radius 3 is 2.29 bits per heavy atom. The van der Waals surface area contributed by atoms with Crippen LogP contribution in [-0.4, -0.2) is 30.1 Å². The molecule has 4 nitrogen and oxygen atoms in total. The van der Waals surface area contributed by atoms with E-state index in [4.69, 9.17) is 9.47 Å². The number of carbonyl (C=O) groups excluding carboxylic acids is 2. The highest BCUT2D eigenvalue weighted by atomic mass is 19.3. The maximum absolute atomic E-state index is 13.2. The highest BCUT2D eigenvalue weighted by molar-refractivity contribution is 5.89. The molecule has 152 valence electrons. The van der Waals surface area contributed by atoms with Crippen LogP contribution in [0.3, 0.4) is 0 Å². The molecule has 0 heterocycles. The van der Waals surface area contributed by atoms with Crippen molar-refractivity contribution < 1.29 is 27.8 Å². The number of hydrogen-bond donors (Lipinski definition) is 0. The molecule has 4 saturated carbocycles. The average Bonchev–Trinajstić information content (AvgIpc) is 2.57. The number of hydrogen-bond acceptors (Lipinski definition) is 4. The number of ether oxygens (including phenoxy) is 2. The third-order valence-electron chi connectivity index (χ3n) is 6.59. The van der Waals surface area contributed by atoms with Gasteiger partial charge in [0, 0.05) is 12.3 Å². The van der Waals surface area contributed by atoms with Gasteiger partial charge in [0.15, 0.2) is 0 Å². The smallest absolute Gasteiger partial charge is 0.376 e. The highest BCUT2D eigenvalue weighted by Gasteiger charge is 2.60. The van der Waals surface area contributed by atoms with Crippen molar-refractivity contribution in [3.8, 4) is 0 Å². The van der Waals surface area contributed by atoms with Crippen molar-refractivity contribution in [3.05, 3.63) is 35.4 Å². The summed E-state index contributed by atoms with van der Waals surface area (Å²) in [7, 11) is 0. The molecular weight excluding hydrogens is 366 g/mol. The molecule has 4 aliphatic rings. The second kappa shape index (κ2) is 6.53. The zero-order valence-electron chi connectivity index (χ0n) is 16.3. The molecule has 0 amide bonds. The monoisotopic (exact) mass is 392 g/mol. The van der Waals surface area contributed by atoms with Gasteiger partial charge in [-0.1, -0.05) is 17.7 Å². The number of benzene rings is 1. The predicted octanol–water partition coefficient (Wildman–Crippen LogP) is 4.69. The minimum Gasteiger partial charge on any atom is -0.461 e. The SMILES string of the molecule is Cc1ccc(C(=O)OC23CC4CC(CC(COC(=O)C(C)(F)F)(C4)C2)C3)cc1. The molecule has 0 N–H and O–H groups in total. The van der Waals surface area contributed by atoms with E-state index in [-0.39, 0.29) is 18.0 Å². The van der Waals surface area contributed by atoms with Gasteiger partial charge in [-0.2, -0.15) is 8.78 Å². The van der Waals surface area contributed by atoms with Gasteiger partial charge in [-0.3, -0.25) is 0 Å². The Labute approximate surface area is 163 Å². The molecule has 6 heteroatoms. The minimum absolute atomic E-state index is 0.0217. The van der Waals surface area contributed by atoms with Crippen LogP contribution in [0.4, 0.5) is 8.78 Å². The van der Waals surface area contributed by atoms with Crippen LogP contribution in [0, 0.1) is 24.2 Å². The van der Waals surface area contributed by atoms with Crippen molar-refractivity contribution in [3.63, 3.8) is 0 Å². The zero-order valence-corrected chi connectivity index (χ0v) is 16.3. The number of alkyl halides is 2. The van der Waals surface area contributed by atoms with Crippen molar-refractivity contribution in [1.29, 1.82) is 0 Å². The second-order valence-electron chi connectivity index (χ2n) is 9.36.